The van der Waals surface area contributed by atoms with E-state index in [0.717, 1.165) is 24.4 Å². The lowest BCUT2D eigenvalue weighted by molar-refractivity contribution is -0.137. The number of aryl methyl sites for hydroxylation is 1. The van der Waals surface area contributed by atoms with Crippen LogP contribution in [0.4, 0.5) is 13.2 Å². The Morgan fingerprint density at radius 2 is 2.00 bits per heavy atom. The minimum atomic E-state index is -4.37. The number of aliphatic imine (C=N–C) groups is 1. The van der Waals surface area contributed by atoms with Gasteiger partial charge in [0, 0.05) is 33.2 Å². The number of hydrogen-bond donors (Lipinski definition) is 2. The van der Waals surface area contributed by atoms with Crippen LogP contribution in [0.2, 0.25) is 0 Å². The molecule has 0 saturated heterocycles. The van der Waals surface area contributed by atoms with Gasteiger partial charge in [0.15, 0.2) is 5.96 Å². The normalized spacial score (nSPS) is 11.8. The van der Waals surface area contributed by atoms with Gasteiger partial charge in [0.25, 0.3) is 0 Å². The molecule has 1 aromatic carbocycles. The van der Waals surface area contributed by atoms with Crippen molar-refractivity contribution in [3.8, 4) is 0 Å². The van der Waals surface area contributed by atoms with Gasteiger partial charge in [-0.15, -0.1) is 34.2 Å². The summed E-state index contributed by atoms with van der Waals surface area (Å²) in [5, 5.41) is 14.2. The molecular weight excluding hydrogens is 500 g/mol. The first kappa shape index (κ1) is 25.1. The highest BCUT2D eigenvalue weighted by Gasteiger charge is 2.30. The largest absolute Gasteiger partial charge is 0.416 e. The van der Waals surface area contributed by atoms with Gasteiger partial charge in [0.1, 0.15) is 12.2 Å². The third-order valence-corrected chi connectivity index (χ3v) is 3.93. The van der Waals surface area contributed by atoms with Crippen LogP contribution in [-0.2, 0) is 30.4 Å². The Morgan fingerprint density at radius 3 is 2.69 bits per heavy atom. The van der Waals surface area contributed by atoms with Crippen LogP contribution in [0, 0.1) is 0 Å². The van der Waals surface area contributed by atoms with Gasteiger partial charge < -0.3 is 19.9 Å². The van der Waals surface area contributed by atoms with Crippen LogP contribution in [0.5, 0.6) is 0 Å². The highest BCUT2D eigenvalue weighted by molar-refractivity contribution is 14.0. The smallest absolute Gasteiger partial charge is 0.383 e. The number of ether oxygens (including phenoxy) is 1. The average molecular weight is 526 g/mol. The van der Waals surface area contributed by atoms with E-state index in [-0.39, 0.29) is 30.5 Å². The van der Waals surface area contributed by atoms with Crippen molar-refractivity contribution in [3.05, 3.63) is 47.5 Å². The number of nitrogens with one attached hydrogen (secondary N) is 2. The molecule has 2 N–H and O–H groups in total. The van der Waals surface area contributed by atoms with E-state index < -0.39 is 11.7 Å². The Kier molecular flexibility index (Phi) is 10.9. The lowest BCUT2D eigenvalue weighted by Gasteiger charge is -2.13. The number of benzene rings is 1. The fraction of sp³-hybridized carbons (Fsp3) is 0.500. The summed E-state index contributed by atoms with van der Waals surface area (Å²) in [4.78, 5) is 4.38. The molecule has 1 aromatic heterocycles. The number of halogens is 4. The van der Waals surface area contributed by atoms with Crippen molar-refractivity contribution >= 4 is 29.9 Å². The molecule has 0 radical (unpaired) electrons. The third kappa shape index (κ3) is 8.56. The first-order valence-corrected chi connectivity index (χ1v) is 8.98. The summed E-state index contributed by atoms with van der Waals surface area (Å²) in [6, 6.07) is 5.17. The van der Waals surface area contributed by atoms with Crippen molar-refractivity contribution in [2.24, 2.45) is 4.99 Å². The fourth-order valence-electron chi connectivity index (χ4n) is 2.50. The molecule has 0 unspecified atom stereocenters. The van der Waals surface area contributed by atoms with Gasteiger partial charge in [-0.25, -0.2) is 4.99 Å². The summed E-state index contributed by atoms with van der Waals surface area (Å²) in [6.45, 7) is 4.34. The second-order valence-corrected chi connectivity index (χ2v) is 6.00. The third-order valence-electron chi connectivity index (χ3n) is 3.93. The Labute approximate surface area is 185 Å². The Balaban J connectivity index is 0.00000420. The standard InChI is InChI=1S/C18H25F3N6O.HI/c1-3-16-26-25-13-27(16)9-7-22-17(23-8-10-28-2)24-12-14-5-4-6-15(11-14)18(19,20)21;/h4-6,11,13H,3,7-10,12H2,1-2H3,(H2,22,23,24);1H. The maximum Gasteiger partial charge on any atom is 0.416 e. The molecule has 0 aliphatic rings. The second-order valence-electron chi connectivity index (χ2n) is 6.00. The predicted molar refractivity (Wildman–Crippen MR) is 115 cm³/mol. The van der Waals surface area contributed by atoms with Crippen LogP contribution >= 0.6 is 24.0 Å². The molecule has 0 aliphatic carbocycles. The van der Waals surface area contributed by atoms with Gasteiger partial charge in [-0.05, 0) is 17.7 Å². The molecule has 0 spiro atoms. The summed E-state index contributed by atoms with van der Waals surface area (Å²) in [6.07, 6.45) is -1.92. The molecule has 0 bridgehead atoms. The van der Waals surface area contributed by atoms with Gasteiger partial charge in [-0.2, -0.15) is 13.2 Å². The van der Waals surface area contributed by atoms with E-state index in [1.807, 2.05) is 11.5 Å². The molecule has 0 atom stereocenters. The van der Waals surface area contributed by atoms with Crippen molar-refractivity contribution in [2.75, 3.05) is 26.8 Å². The van der Waals surface area contributed by atoms with E-state index in [2.05, 4.69) is 25.8 Å². The monoisotopic (exact) mass is 526 g/mol. The van der Waals surface area contributed by atoms with E-state index in [1.165, 1.54) is 6.07 Å². The van der Waals surface area contributed by atoms with Gasteiger partial charge in [0.05, 0.1) is 18.7 Å². The van der Waals surface area contributed by atoms with Crippen molar-refractivity contribution in [1.29, 1.82) is 0 Å². The van der Waals surface area contributed by atoms with Gasteiger partial charge >= 0.3 is 6.18 Å². The molecule has 2 aromatic rings. The highest BCUT2D eigenvalue weighted by Crippen LogP contribution is 2.29. The van der Waals surface area contributed by atoms with Crippen molar-refractivity contribution < 1.29 is 17.9 Å². The summed E-state index contributed by atoms with van der Waals surface area (Å²) in [7, 11) is 1.59. The lowest BCUT2D eigenvalue weighted by atomic mass is 10.1. The maximum atomic E-state index is 12.8. The van der Waals surface area contributed by atoms with Gasteiger partial charge in [-0.3, -0.25) is 0 Å². The van der Waals surface area contributed by atoms with Crippen LogP contribution < -0.4 is 10.6 Å². The lowest BCUT2D eigenvalue weighted by Crippen LogP contribution is -2.40. The van der Waals surface area contributed by atoms with Crippen LogP contribution in [0.25, 0.3) is 0 Å². The van der Waals surface area contributed by atoms with Gasteiger partial charge in [0.2, 0.25) is 0 Å². The number of alkyl halides is 3. The second kappa shape index (κ2) is 12.6. The van der Waals surface area contributed by atoms with E-state index >= 15 is 0 Å². The first-order valence-electron chi connectivity index (χ1n) is 8.98. The maximum absolute atomic E-state index is 12.8. The summed E-state index contributed by atoms with van der Waals surface area (Å²) in [5.41, 5.74) is -0.198. The summed E-state index contributed by atoms with van der Waals surface area (Å²) in [5.74, 6) is 1.39. The number of aromatic nitrogens is 3. The fourth-order valence-corrected chi connectivity index (χ4v) is 2.50. The Hall–Kier alpha value is -1.89. The topological polar surface area (TPSA) is 76.4 Å². The van der Waals surface area contributed by atoms with Crippen molar-refractivity contribution in [1.82, 2.24) is 25.4 Å². The van der Waals surface area contributed by atoms with Crippen LogP contribution in [0.3, 0.4) is 0 Å². The SMILES string of the molecule is CCc1nncn1CCNC(=NCc1cccc(C(F)(F)F)c1)NCCOC.I. The first-order chi connectivity index (χ1) is 13.4. The highest BCUT2D eigenvalue weighted by atomic mass is 127. The molecule has 0 saturated carbocycles. The molecule has 1 heterocycles. The van der Waals surface area contributed by atoms with Crippen LogP contribution in [0.1, 0.15) is 23.9 Å². The van der Waals surface area contributed by atoms with Crippen molar-refractivity contribution in [3.63, 3.8) is 0 Å². The number of hydrogen-bond acceptors (Lipinski definition) is 4. The Morgan fingerprint density at radius 1 is 1.24 bits per heavy atom. The zero-order valence-corrected chi connectivity index (χ0v) is 18.7. The molecule has 7 nitrogen and oxygen atoms in total. The molecule has 11 heteroatoms. The zero-order chi connectivity index (χ0) is 20.4. The van der Waals surface area contributed by atoms with Crippen LogP contribution in [-0.4, -0.2) is 47.5 Å². The van der Waals surface area contributed by atoms with E-state index in [0.29, 0.717) is 37.8 Å². The molecule has 162 valence electrons. The van der Waals surface area contributed by atoms with E-state index in [9.17, 15) is 13.2 Å². The number of nitrogens with zero attached hydrogens (tertiary/aromatic N) is 4. The number of guanidine groups is 1. The molecule has 0 aliphatic heterocycles. The average Bonchev–Trinajstić information content (AvgIpc) is 3.13. The molecule has 2 rings (SSSR count). The number of methoxy groups -OCH3 is 1. The predicted octanol–water partition coefficient (Wildman–Crippen LogP) is 2.86. The molecule has 0 amide bonds. The van der Waals surface area contributed by atoms with E-state index in [1.54, 1.807) is 19.5 Å². The van der Waals surface area contributed by atoms with Crippen LogP contribution in [0.15, 0.2) is 35.6 Å². The minimum absolute atomic E-state index is 0. The summed E-state index contributed by atoms with van der Waals surface area (Å²) < 4.78 is 45.5. The van der Waals surface area contributed by atoms with Gasteiger partial charge in [-0.1, -0.05) is 19.1 Å². The minimum Gasteiger partial charge on any atom is -0.383 e. The number of rotatable bonds is 9. The quantitative estimate of drug-likeness (QED) is 0.228. The molecule has 29 heavy (non-hydrogen) atoms. The van der Waals surface area contributed by atoms with Crippen molar-refractivity contribution in [2.45, 2.75) is 32.6 Å². The molecular formula is C18H26F3IN6O. The zero-order valence-electron chi connectivity index (χ0n) is 16.4. The van der Waals surface area contributed by atoms with E-state index in [4.69, 9.17) is 4.74 Å². The Bertz CT molecular complexity index is 766. The molecule has 0 fully saturated rings. The summed E-state index contributed by atoms with van der Waals surface area (Å²) >= 11 is 0.